The van der Waals surface area contributed by atoms with E-state index in [1.165, 1.54) is 0 Å². The van der Waals surface area contributed by atoms with Gasteiger partial charge in [-0.2, -0.15) is 9.97 Å². The monoisotopic (exact) mass is 364 g/mol. The molecule has 1 aliphatic rings. The average molecular weight is 364 g/mol. The van der Waals surface area contributed by atoms with Crippen molar-refractivity contribution in [3.63, 3.8) is 0 Å². The van der Waals surface area contributed by atoms with Crippen LogP contribution in [0.1, 0.15) is 0 Å². The van der Waals surface area contributed by atoms with Crippen LogP contribution in [0.25, 0.3) is 10.9 Å². The van der Waals surface area contributed by atoms with Crippen LogP contribution in [-0.2, 0) is 0 Å². The lowest BCUT2D eigenvalue weighted by atomic mass is 10.2. The van der Waals surface area contributed by atoms with Crippen molar-refractivity contribution in [2.24, 2.45) is 0 Å². The molecule has 1 aromatic heterocycles. The third-order valence-corrected chi connectivity index (χ3v) is 4.74. The van der Waals surface area contributed by atoms with Gasteiger partial charge in [-0.25, -0.2) is 0 Å². The number of fused-ring (bicyclic) bond motifs is 1. The maximum absolute atomic E-state index is 5.99. The Morgan fingerprint density at radius 3 is 2.44 bits per heavy atom. The van der Waals surface area contributed by atoms with Crippen molar-refractivity contribution in [3.05, 3.63) is 54.6 Å². The minimum Gasteiger partial charge on any atom is -0.462 e. The van der Waals surface area contributed by atoms with Crippen molar-refractivity contribution < 1.29 is 9.47 Å². The fourth-order valence-electron chi connectivity index (χ4n) is 3.11. The van der Waals surface area contributed by atoms with Gasteiger partial charge in [0.15, 0.2) is 0 Å². The summed E-state index contributed by atoms with van der Waals surface area (Å²) in [7, 11) is 2.16. The Morgan fingerprint density at radius 1 is 0.889 bits per heavy atom. The largest absolute Gasteiger partial charge is 0.462 e. The highest BCUT2D eigenvalue weighted by Crippen LogP contribution is 2.28. The molecule has 0 saturated carbocycles. The molecule has 1 fully saturated rings. The predicted octanol–water partition coefficient (Wildman–Crippen LogP) is 3.05. The van der Waals surface area contributed by atoms with E-state index in [4.69, 9.17) is 9.47 Å². The van der Waals surface area contributed by atoms with Gasteiger partial charge in [0.2, 0.25) is 5.88 Å². The smallest absolute Gasteiger partial charge is 0.320 e. The zero-order chi connectivity index (χ0) is 18.5. The molecule has 4 rings (SSSR count). The lowest BCUT2D eigenvalue weighted by molar-refractivity contribution is 0.131. The van der Waals surface area contributed by atoms with Crippen LogP contribution in [0, 0.1) is 0 Å². The summed E-state index contributed by atoms with van der Waals surface area (Å²) in [5.74, 6) is 1.26. The second-order valence-electron chi connectivity index (χ2n) is 6.74. The molecule has 6 nitrogen and oxygen atoms in total. The number of piperazine rings is 1. The first-order chi connectivity index (χ1) is 13.3. The molecule has 0 N–H and O–H groups in total. The van der Waals surface area contributed by atoms with Crippen molar-refractivity contribution in [2.75, 3.05) is 46.4 Å². The standard InChI is InChI=1S/C21H24N4O2/c1-24-11-13-25(14-12-24)15-16-26-21-22-19-10-6-5-9-18(19)20(23-21)27-17-7-3-2-4-8-17/h2-10H,11-16H2,1H3. The van der Waals surface area contributed by atoms with Gasteiger partial charge >= 0.3 is 6.01 Å². The number of para-hydroxylation sites is 2. The van der Waals surface area contributed by atoms with Crippen LogP contribution >= 0.6 is 0 Å². The van der Waals surface area contributed by atoms with Crippen molar-refractivity contribution in [1.82, 2.24) is 19.8 Å². The summed E-state index contributed by atoms with van der Waals surface area (Å²) in [6.45, 7) is 5.77. The first-order valence-corrected chi connectivity index (χ1v) is 9.31. The SMILES string of the molecule is CN1CCN(CCOc2nc(Oc3ccccc3)c3ccccc3n2)CC1. The van der Waals surface area contributed by atoms with Crippen molar-refractivity contribution in [3.8, 4) is 17.6 Å². The summed E-state index contributed by atoms with van der Waals surface area (Å²) in [5, 5.41) is 0.868. The van der Waals surface area contributed by atoms with Crippen LogP contribution in [0.5, 0.6) is 17.6 Å². The number of aromatic nitrogens is 2. The van der Waals surface area contributed by atoms with Crippen LogP contribution in [-0.4, -0.2) is 66.1 Å². The molecule has 2 heterocycles. The number of hydrogen-bond acceptors (Lipinski definition) is 6. The molecule has 0 bridgehead atoms. The van der Waals surface area contributed by atoms with E-state index >= 15 is 0 Å². The number of nitrogens with zero attached hydrogens (tertiary/aromatic N) is 4. The molecule has 6 heteroatoms. The molecule has 0 aliphatic carbocycles. The Kier molecular flexibility index (Phi) is 5.46. The summed E-state index contributed by atoms with van der Waals surface area (Å²) < 4.78 is 11.9. The van der Waals surface area contributed by atoms with E-state index in [1.54, 1.807) is 0 Å². The first-order valence-electron chi connectivity index (χ1n) is 9.31. The van der Waals surface area contributed by atoms with Gasteiger partial charge in [0, 0.05) is 32.7 Å². The van der Waals surface area contributed by atoms with E-state index < -0.39 is 0 Å². The molecule has 2 aromatic carbocycles. The first kappa shape index (κ1) is 17.7. The van der Waals surface area contributed by atoms with Gasteiger partial charge in [0.25, 0.3) is 0 Å². The minimum absolute atomic E-state index is 0.355. The summed E-state index contributed by atoms with van der Waals surface area (Å²) in [6.07, 6.45) is 0. The van der Waals surface area contributed by atoms with Gasteiger partial charge in [0.05, 0.1) is 10.9 Å². The Labute approximate surface area is 159 Å². The number of ether oxygens (including phenoxy) is 2. The number of rotatable bonds is 6. The average Bonchev–Trinajstić information content (AvgIpc) is 2.70. The van der Waals surface area contributed by atoms with Crippen LogP contribution in [0.3, 0.4) is 0 Å². The van der Waals surface area contributed by atoms with Gasteiger partial charge in [-0.1, -0.05) is 30.3 Å². The van der Waals surface area contributed by atoms with E-state index in [0.717, 1.165) is 49.4 Å². The highest BCUT2D eigenvalue weighted by atomic mass is 16.5. The van der Waals surface area contributed by atoms with Crippen LogP contribution in [0.2, 0.25) is 0 Å². The molecule has 0 unspecified atom stereocenters. The van der Waals surface area contributed by atoms with Gasteiger partial charge in [-0.3, -0.25) is 4.90 Å². The molecule has 0 atom stereocenters. The fraction of sp³-hybridized carbons (Fsp3) is 0.333. The van der Waals surface area contributed by atoms with Gasteiger partial charge in [0.1, 0.15) is 12.4 Å². The lowest BCUT2D eigenvalue weighted by Crippen LogP contribution is -2.45. The maximum atomic E-state index is 5.99. The number of hydrogen-bond donors (Lipinski definition) is 0. The van der Waals surface area contributed by atoms with E-state index in [9.17, 15) is 0 Å². The van der Waals surface area contributed by atoms with Gasteiger partial charge in [-0.05, 0) is 31.3 Å². The highest BCUT2D eigenvalue weighted by molar-refractivity contribution is 5.83. The zero-order valence-corrected chi connectivity index (χ0v) is 15.5. The molecular weight excluding hydrogens is 340 g/mol. The highest BCUT2D eigenvalue weighted by Gasteiger charge is 2.14. The lowest BCUT2D eigenvalue weighted by Gasteiger charge is -2.32. The molecular formula is C21H24N4O2. The van der Waals surface area contributed by atoms with Crippen molar-refractivity contribution in [2.45, 2.75) is 0 Å². The van der Waals surface area contributed by atoms with Gasteiger partial charge in [-0.15, -0.1) is 0 Å². The molecule has 0 radical (unpaired) electrons. The normalized spacial score (nSPS) is 15.7. The third kappa shape index (κ3) is 4.53. The fourth-order valence-corrected chi connectivity index (χ4v) is 3.11. The van der Waals surface area contributed by atoms with Gasteiger partial charge < -0.3 is 14.4 Å². The molecule has 0 amide bonds. The molecule has 3 aromatic rings. The molecule has 1 aliphatic heterocycles. The number of likely N-dealkylation sites (N-methyl/N-ethyl adjacent to an activating group) is 1. The van der Waals surface area contributed by atoms with Crippen molar-refractivity contribution >= 4 is 10.9 Å². The summed E-state index contributed by atoms with van der Waals surface area (Å²) >= 11 is 0. The second-order valence-corrected chi connectivity index (χ2v) is 6.74. The minimum atomic E-state index is 0.355. The molecule has 1 saturated heterocycles. The Bertz CT molecular complexity index is 880. The third-order valence-electron chi connectivity index (χ3n) is 4.74. The molecule has 0 spiro atoms. The zero-order valence-electron chi connectivity index (χ0n) is 15.5. The Morgan fingerprint density at radius 2 is 1.63 bits per heavy atom. The van der Waals surface area contributed by atoms with E-state index in [0.29, 0.717) is 18.5 Å². The van der Waals surface area contributed by atoms with Crippen LogP contribution in [0.15, 0.2) is 54.6 Å². The summed E-state index contributed by atoms with van der Waals surface area (Å²) in [5.41, 5.74) is 0.813. The van der Waals surface area contributed by atoms with Crippen molar-refractivity contribution in [1.29, 1.82) is 0 Å². The Hall–Kier alpha value is -2.70. The van der Waals surface area contributed by atoms with E-state index in [1.807, 2.05) is 54.6 Å². The topological polar surface area (TPSA) is 50.7 Å². The molecule has 140 valence electrons. The Balaban J connectivity index is 1.47. The van der Waals surface area contributed by atoms with Crippen LogP contribution in [0.4, 0.5) is 0 Å². The van der Waals surface area contributed by atoms with Crippen LogP contribution < -0.4 is 9.47 Å². The summed E-state index contributed by atoms with van der Waals surface area (Å²) in [4.78, 5) is 13.8. The maximum Gasteiger partial charge on any atom is 0.320 e. The van der Waals surface area contributed by atoms with E-state index in [2.05, 4.69) is 26.8 Å². The number of benzene rings is 2. The quantitative estimate of drug-likeness (QED) is 0.670. The predicted molar refractivity (Wildman–Crippen MR) is 105 cm³/mol. The van der Waals surface area contributed by atoms with E-state index in [-0.39, 0.29) is 0 Å². The molecule has 27 heavy (non-hydrogen) atoms. The second kappa shape index (κ2) is 8.33. The summed E-state index contributed by atoms with van der Waals surface area (Å²) in [6, 6.07) is 17.8.